The lowest BCUT2D eigenvalue weighted by atomic mass is 9.90. The number of amides is 1. The molecule has 1 amide bonds. The lowest BCUT2D eigenvalue weighted by Gasteiger charge is -2.24. The van der Waals surface area contributed by atoms with Gasteiger partial charge in [0.15, 0.2) is 11.5 Å². The Labute approximate surface area is 179 Å². The van der Waals surface area contributed by atoms with Crippen molar-refractivity contribution in [2.75, 3.05) is 19.0 Å². The minimum Gasteiger partial charge on any atom is -0.493 e. The molecule has 0 saturated heterocycles. The monoisotopic (exact) mass is 443 g/mol. The van der Waals surface area contributed by atoms with Gasteiger partial charge in [0.1, 0.15) is 4.90 Å². The van der Waals surface area contributed by atoms with Crippen LogP contribution in [0.25, 0.3) is 0 Å². The molecule has 1 atom stereocenters. The van der Waals surface area contributed by atoms with Crippen molar-refractivity contribution in [1.29, 1.82) is 0 Å². The lowest BCUT2D eigenvalue weighted by molar-refractivity contribution is -0.116. The number of carbonyl (C=O) groups excluding carboxylic acids is 1. The predicted octanol–water partition coefficient (Wildman–Crippen LogP) is 4.46. The van der Waals surface area contributed by atoms with Crippen LogP contribution in [0, 0.1) is 0 Å². The zero-order chi connectivity index (χ0) is 21.3. The Morgan fingerprint density at radius 1 is 1.13 bits per heavy atom. The number of ether oxygens (including phenoxy) is 2. The second-order valence-electron chi connectivity index (χ2n) is 6.80. The van der Waals surface area contributed by atoms with Crippen molar-refractivity contribution < 1.29 is 22.7 Å². The van der Waals surface area contributed by atoms with Gasteiger partial charge in [0, 0.05) is 22.6 Å². The molecular formula is C22H21NO5S2. The molecule has 1 unspecified atom stereocenters. The summed E-state index contributed by atoms with van der Waals surface area (Å²) in [6.07, 6.45) is 0.232. The van der Waals surface area contributed by atoms with Crippen LogP contribution >= 0.6 is 11.3 Å². The summed E-state index contributed by atoms with van der Waals surface area (Å²) in [5.74, 6) is 0.727. The molecule has 0 fully saturated rings. The largest absolute Gasteiger partial charge is 0.493 e. The quantitative estimate of drug-likeness (QED) is 0.608. The second-order valence-corrected chi connectivity index (χ2v) is 9.63. The molecule has 3 aromatic rings. The molecule has 0 bridgehead atoms. The Balaban J connectivity index is 1.79. The maximum Gasteiger partial charge on any atom is 0.225 e. The Morgan fingerprint density at radius 3 is 2.60 bits per heavy atom. The van der Waals surface area contributed by atoms with Gasteiger partial charge in [0.05, 0.1) is 24.3 Å². The molecule has 4 rings (SSSR count). The van der Waals surface area contributed by atoms with E-state index in [1.54, 1.807) is 42.8 Å². The smallest absolute Gasteiger partial charge is 0.225 e. The number of rotatable bonds is 6. The van der Waals surface area contributed by atoms with E-state index >= 15 is 0 Å². The van der Waals surface area contributed by atoms with Crippen LogP contribution in [-0.4, -0.2) is 28.0 Å². The van der Waals surface area contributed by atoms with E-state index in [1.807, 2.05) is 25.1 Å². The first-order valence-corrected chi connectivity index (χ1v) is 11.8. The van der Waals surface area contributed by atoms with Crippen LogP contribution in [0.3, 0.4) is 0 Å². The van der Waals surface area contributed by atoms with Crippen molar-refractivity contribution >= 4 is 32.8 Å². The van der Waals surface area contributed by atoms with Crippen LogP contribution < -0.4 is 14.8 Å². The summed E-state index contributed by atoms with van der Waals surface area (Å²) in [5.41, 5.74) is 1.25. The fourth-order valence-corrected chi connectivity index (χ4v) is 6.50. The molecule has 1 aromatic heterocycles. The van der Waals surface area contributed by atoms with E-state index in [4.69, 9.17) is 9.47 Å². The third kappa shape index (κ3) is 3.57. The molecule has 0 saturated carbocycles. The average Bonchev–Trinajstić information content (AvgIpc) is 3.19. The summed E-state index contributed by atoms with van der Waals surface area (Å²) in [6.45, 7) is 2.41. The number of methoxy groups -OCH3 is 1. The van der Waals surface area contributed by atoms with Gasteiger partial charge in [-0.1, -0.05) is 24.3 Å². The van der Waals surface area contributed by atoms with Crippen molar-refractivity contribution in [3.8, 4) is 11.5 Å². The van der Waals surface area contributed by atoms with Crippen molar-refractivity contribution in [3.63, 3.8) is 0 Å². The van der Waals surface area contributed by atoms with Gasteiger partial charge in [-0.25, -0.2) is 8.42 Å². The maximum atomic E-state index is 13.2. The van der Waals surface area contributed by atoms with Crippen LogP contribution in [0.4, 0.5) is 5.69 Å². The van der Waals surface area contributed by atoms with Crippen LogP contribution in [0.1, 0.15) is 29.7 Å². The first-order valence-electron chi connectivity index (χ1n) is 9.47. The molecule has 1 N–H and O–H groups in total. The van der Waals surface area contributed by atoms with Gasteiger partial charge in [-0.15, -0.1) is 11.3 Å². The number of fused-ring (bicyclic) bond motifs is 1. The standard InChI is InChI=1S/C22H21NO5S2/c1-3-28-17-10-9-14(11-18(17)27-2)16-12-20(24)23-21-19(13-29-22(16)21)30(25,26)15-7-5-4-6-8-15/h4-11,13,16H,3,12H2,1-2H3,(H,23,24). The topological polar surface area (TPSA) is 81.7 Å². The summed E-state index contributed by atoms with van der Waals surface area (Å²) < 4.78 is 37.3. The summed E-state index contributed by atoms with van der Waals surface area (Å²) in [7, 11) is -2.18. The zero-order valence-electron chi connectivity index (χ0n) is 16.5. The van der Waals surface area contributed by atoms with Gasteiger partial charge in [-0.05, 0) is 36.8 Å². The lowest BCUT2D eigenvalue weighted by Crippen LogP contribution is -2.23. The van der Waals surface area contributed by atoms with Gasteiger partial charge in [-0.3, -0.25) is 4.79 Å². The first-order chi connectivity index (χ1) is 14.5. The fraction of sp³-hybridized carbons (Fsp3) is 0.227. The summed E-state index contributed by atoms with van der Waals surface area (Å²) in [6, 6.07) is 13.8. The summed E-state index contributed by atoms with van der Waals surface area (Å²) >= 11 is 1.34. The summed E-state index contributed by atoms with van der Waals surface area (Å²) in [5, 5.41) is 4.39. The number of anilines is 1. The van der Waals surface area contributed by atoms with Gasteiger partial charge in [0.25, 0.3) is 0 Å². The molecule has 0 radical (unpaired) electrons. The minimum absolute atomic E-state index is 0.129. The number of nitrogens with one attached hydrogen (secondary N) is 1. The van der Waals surface area contributed by atoms with Gasteiger partial charge < -0.3 is 14.8 Å². The van der Waals surface area contributed by atoms with Crippen LogP contribution in [-0.2, 0) is 14.6 Å². The molecule has 30 heavy (non-hydrogen) atoms. The molecule has 2 heterocycles. The van der Waals surface area contributed by atoms with Crippen molar-refractivity contribution in [2.24, 2.45) is 0 Å². The maximum absolute atomic E-state index is 13.2. The first kappa shape index (κ1) is 20.4. The minimum atomic E-state index is -3.74. The number of sulfone groups is 1. The number of carbonyl (C=O) groups is 1. The number of benzene rings is 2. The molecular weight excluding hydrogens is 422 g/mol. The van der Waals surface area contributed by atoms with Gasteiger partial charge in [-0.2, -0.15) is 0 Å². The number of hydrogen-bond acceptors (Lipinski definition) is 6. The highest BCUT2D eigenvalue weighted by Crippen LogP contribution is 2.46. The van der Waals surface area contributed by atoms with Crippen molar-refractivity contribution in [3.05, 3.63) is 64.4 Å². The SMILES string of the molecule is CCOc1ccc(C2CC(=O)Nc3c(S(=O)(=O)c4ccccc4)csc32)cc1OC. The highest BCUT2D eigenvalue weighted by molar-refractivity contribution is 7.91. The Morgan fingerprint density at radius 2 is 1.90 bits per heavy atom. The molecule has 2 aromatic carbocycles. The van der Waals surface area contributed by atoms with E-state index in [-0.39, 0.29) is 28.0 Å². The van der Waals surface area contributed by atoms with Gasteiger partial charge in [0.2, 0.25) is 15.7 Å². The predicted molar refractivity (Wildman–Crippen MR) is 115 cm³/mol. The molecule has 0 aliphatic carbocycles. The van der Waals surface area contributed by atoms with E-state index < -0.39 is 9.84 Å². The van der Waals surface area contributed by atoms with E-state index in [0.29, 0.717) is 23.8 Å². The average molecular weight is 444 g/mol. The fourth-order valence-electron chi connectivity index (χ4n) is 3.57. The van der Waals surface area contributed by atoms with Crippen molar-refractivity contribution in [1.82, 2.24) is 0 Å². The molecule has 0 spiro atoms. The third-order valence-electron chi connectivity index (χ3n) is 4.99. The number of thiophene rings is 1. The van der Waals surface area contributed by atoms with Crippen LogP contribution in [0.15, 0.2) is 63.7 Å². The van der Waals surface area contributed by atoms with Crippen molar-refractivity contribution in [2.45, 2.75) is 29.1 Å². The molecule has 1 aliphatic heterocycles. The normalized spacial score (nSPS) is 15.9. The van der Waals surface area contributed by atoms with Gasteiger partial charge >= 0.3 is 0 Å². The Hall–Kier alpha value is -2.84. The second kappa shape index (κ2) is 8.12. The molecule has 6 nitrogen and oxygen atoms in total. The van der Waals surface area contributed by atoms with E-state index in [0.717, 1.165) is 10.4 Å². The highest BCUT2D eigenvalue weighted by atomic mass is 32.2. The zero-order valence-corrected chi connectivity index (χ0v) is 18.2. The molecule has 8 heteroatoms. The third-order valence-corrected chi connectivity index (χ3v) is 8.03. The van der Waals surface area contributed by atoms with E-state index in [1.165, 1.54) is 11.3 Å². The van der Waals surface area contributed by atoms with Crippen LogP contribution in [0.5, 0.6) is 11.5 Å². The molecule has 156 valence electrons. The summed E-state index contributed by atoms with van der Waals surface area (Å²) in [4.78, 5) is 13.6. The van der Waals surface area contributed by atoms with E-state index in [2.05, 4.69) is 5.32 Å². The highest BCUT2D eigenvalue weighted by Gasteiger charge is 2.34. The van der Waals surface area contributed by atoms with E-state index in [9.17, 15) is 13.2 Å². The Kier molecular flexibility index (Phi) is 5.53. The Bertz CT molecular complexity index is 1190. The molecule has 1 aliphatic rings. The van der Waals surface area contributed by atoms with Crippen LogP contribution in [0.2, 0.25) is 0 Å². The number of hydrogen-bond donors (Lipinski definition) is 1.